The zero-order valence-electron chi connectivity index (χ0n) is 20.1. The molecule has 192 valence electrons. The third-order valence-corrected chi connectivity index (χ3v) is 5.86. The molecule has 1 amide bonds. The van der Waals surface area contributed by atoms with Crippen LogP contribution in [0, 0.1) is 0 Å². The van der Waals surface area contributed by atoms with E-state index in [9.17, 15) is 19.5 Å². The number of benzene rings is 3. The fourth-order valence-electron chi connectivity index (χ4n) is 3.93. The van der Waals surface area contributed by atoms with Crippen molar-refractivity contribution in [2.45, 2.75) is 30.7 Å². The molecule has 2 N–H and O–H groups in total. The van der Waals surface area contributed by atoms with E-state index >= 15 is 0 Å². The number of esters is 2. The molecule has 1 aliphatic rings. The normalized spacial score (nSPS) is 23.0. The Morgan fingerprint density at radius 2 is 1.22 bits per heavy atom. The molecule has 0 unspecified atom stereocenters. The number of hydrogen-bond acceptors (Lipinski definition) is 8. The van der Waals surface area contributed by atoms with Gasteiger partial charge in [0.25, 0.3) is 5.91 Å². The Balaban J connectivity index is 1.55. The summed E-state index contributed by atoms with van der Waals surface area (Å²) in [6.45, 7) is -0.118. The molecule has 1 aliphatic heterocycles. The first-order valence-electron chi connectivity index (χ1n) is 11.7. The Labute approximate surface area is 213 Å². The fourth-order valence-corrected chi connectivity index (χ4v) is 3.93. The van der Waals surface area contributed by atoms with Gasteiger partial charge < -0.3 is 29.4 Å². The zero-order valence-corrected chi connectivity index (χ0v) is 20.1. The number of carbonyl (C=O) groups is 3. The molecule has 1 heterocycles. The quantitative estimate of drug-likeness (QED) is 0.449. The molecule has 1 saturated heterocycles. The second-order valence-corrected chi connectivity index (χ2v) is 8.32. The van der Waals surface area contributed by atoms with Gasteiger partial charge in [-0.05, 0) is 36.4 Å². The number of rotatable bonds is 8. The van der Waals surface area contributed by atoms with Crippen molar-refractivity contribution in [3.63, 3.8) is 0 Å². The summed E-state index contributed by atoms with van der Waals surface area (Å²) in [5.74, 6) is -1.81. The van der Waals surface area contributed by atoms with Gasteiger partial charge in [0, 0.05) is 19.2 Å². The van der Waals surface area contributed by atoms with Crippen LogP contribution in [0.5, 0.6) is 0 Å². The summed E-state index contributed by atoms with van der Waals surface area (Å²) in [5, 5.41) is 13.9. The lowest BCUT2D eigenvalue weighted by atomic mass is 9.97. The Bertz CT molecular complexity index is 1190. The maximum absolute atomic E-state index is 12.9. The van der Waals surface area contributed by atoms with Gasteiger partial charge in [0.15, 0.2) is 18.5 Å². The van der Waals surface area contributed by atoms with E-state index in [1.54, 1.807) is 91.0 Å². The lowest BCUT2D eigenvalue weighted by Crippen LogP contribution is -2.62. The largest absolute Gasteiger partial charge is 0.452 e. The van der Waals surface area contributed by atoms with Gasteiger partial charge in [-0.3, -0.25) is 4.79 Å². The summed E-state index contributed by atoms with van der Waals surface area (Å²) in [6, 6.07) is 25.0. The van der Waals surface area contributed by atoms with Crippen LogP contribution in [0.15, 0.2) is 91.0 Å². The molecule has 4 rings (SSSR count). The van der Waals surface area contributed by atoms with Crippen LogP contribution in [-0.2, 0) is 18.9 Å². The van der Waals surface area contributed by atoms with Gasteiger partial charge in [-0.15, -0.1) is 0 Å². The Kier molecular flexibility index (Phi) is 8.63. The van der Waals surface area contributed by atoms with Gasteiger partial charge in [-0.1, -0.05) is 54.6 Å². The lowest BCUT2D eigenvalue weighted by molar-refractivity contribution is -0.286. The van der Waals surface area contributed by atoms with Crippen molar-refractivity contribution >= 4 is 17.8 Å². The van der Waals surface area contributed by atoms with Crippen LogP contribution in [0.2, 0.25) is 0 Å². The van der Waals surface area contributed by atoms with Crippen molar-refractivity contribution in [1.82, 2.24) is 5.32 Å². The molecule has 9 nitrogen and oxygen atoms in total. The maximum Gasteiger partial charge on any atom is 0.338 e. The monoisotopic (exact) mass is 505 g/mol. The Morgan fingerprint density at radius 3 is 1.70 bits per heavy atom. The first kappa shape index (κ1) is 26.0. The third kappa shape index (κ3) is 6.39. The van der Waals surface area contributed by atoms with Crippen molar-refractivity contribution in [3.8, 4) is 0 Å². The molecule has 1 fully saturated rings. The van der Waals surface area contributed by atoms with Crippen LogP contribution in [-0.4, -0.2) is 67.3 Å². The minimum absolute atomic E-state index is 0.118. The molecule has 0 aliphatic carbocycles. The summed E-state index contributed by atoms with van der Waals surface area (Å²) in [4.78, 5) is 38.2. The van der Waals surface area contributed by atoms with Crippen molar-refractivity contribution in [2.24, 2.45) is 0 Å². The summed E-state index contributed by atoms with van der Waals surface area (Å²) < 4.78 is 22.5. The van der Waals surface area contributed by atoms with Crippen molar-refractivity contribution in [3.05, 3.63) is 108 Å². The molecule has 9 heteroatoms. The molecule has 3 aromatic carbocycles. The molecule has 0 spiro atoms. The number of aliphatic hydroxyl groups is 1. The highest BCUT2D eigenvalue weighted by Gasteiger charge is 2.50. The third-order valence-electron chi connectivity index (χ3n) is 5.86. The van der Waals surface area contributed by atoms with Gasteiger partial charge in [0.1, 0.15) is 12.2 Å². The van der Waals surface area contributed by atoms with Gasteiger partial charge in [0.05, 0.1) is 11.1 Å². The van der Waals surface area contributed by atoms with E-state index in [0.29, 0.717) is 5.56 Å². The summed E-state index contributed by atoms with van der Waals surface area (Å²) in [5.41, 5.74) is 0.937. The van der Waals surface area contributed by atoms with Gasteiger partial charge in [0.2, 0.25) is 0 Å². The van der Waals surface area contributed by atoms with E-state index in [1.807, 2.05) is 0 Å². The fraction of sp³-hybridized carbons (Fsp3) is 0.250. The smallest absolute Gasteiger partial charge is 0.338 e. The Hall–Kier alpha value is -4.05. The topological polar surface area (TPSA) is 120 Å². The van der Waals surface area contributed by atoms with E-state index < -0.39 is 42.6 Å². The number of carbonyl (C=O) groups excluding carboxylic acids is 3. The van der Waals surface area contributed by atoms with Crippen LogP contribution in [0.1, 0.15) is 31.1 Å². The van der Waals surface area contributed by atoms with Crippen molar-refractivity contribution in [1.29, 1.82) is 0 Å². The van der Waals surface area contributed by atoms with E-state index in [0.717, 1.165) is 0 Å². The van der Waals surface area contributed by atoms with Crippen LogP contribution >= 0.6 is 0 Å². The molecule has 0 radical (unpaired) electrons. The number of hydrogen-bond donors (Lipinski definition) is 2. The highest BCUT2D eigenvalue weighted by Crippen LogP contribution is 2.28. The molecular weight excluding hydrogens is 478 g/mol. The maximum atomic E-state index is 12.9. The molecule has 3 aromatic rings. The second kappa shape index (κ2) is 12.3. The van der Waals surface area contributed by atoms with Gasteiger partial charge >= 0.3 is 11.9 Å². The number of aliphatic hydroxyl groups excluding tert-OH is 1. The highest BCUT2D eigenvalue weighted by atomic mass is 16.7. The first-order valence-corrected chi connectivity index (χ1v) is 11.7. The average Bonchev–Trinajstić information content (AvgIpc) is 2.95. The molecule has 0 bridgehead atoms. The van der Waals surface area contributed by atoms with E-state index in [4.69, 9.17) is 18.9 Å². The average molecular weight is 506 g/mol. The molecule has 5 atom stereocenters. The highest BCUT2D eigenvalue weighted by molar-refractivity contribution is 5.94. The van der Waals surface area contributed by atoms with E-state index in [-0.39, 0.29) is 23.6 Å². The number of amides is 1. The predicted molar refractivity (Wildman–Crippen MR) is 132 cm³/mol. The number of ether oxygens (including phenoxy) is 4. The van der Waals surface area contributed by atoms with Crippen LogP contribution < -0.4 is 5.32 Å². The summed E-state index contributed by atoms with van der Waals surface area (Å²) in [7, 11) is 1.33. The molecule has 37 heavy (non-hydrogen) atoms. The van der Waals surface area contributed by atoms with E-state index in [2.05, 4.69) is 5.32 Å². The first-order chi connectivity index (χ1) is 18.0. The Morgan fingerprint density at radius 1 is 0.757 bits per heavy atom. The molecule has 0 aromatic heterocycles. The standard InChI is InChI=1S/C28H27NO8/c1-34-28-24(37-27(33)20-15-9-4-10-16-20)23(36-26(32)19-13-7-3-8-14-19)22(30)21(35-28)17-29-25(31)18-11-5-2-6-12-18/h2-16,21-24,28,30H,17H2,1H3,(H,29,31)/t21-,22-,23+,24-,28+/m1/s1. The SMILES string of the molecule is CO[C@H]1O[C@H](CNC(=O)c2ccccc2)[C@@H](O)[C@H](OC(=O)c2ccccc2)[C@H]1OC(=O)c1ccccc1. The van der Waals surface area contributed by atoms with Gasteiger partial charge in [-0.25, -0.2) is 9.59 Å². The lowest BCUT2D eigenvalue weighted by Gasteiger charge is -2.42. The van der Waals surface area contributed by atoms with Crippen molar-refractivity contribution < 1.29 is 38.4 Å². The van der Waals surface area contributed by atoms with Crippen molar-refractivity contribution in [2.75, 3.05) is 13.7 Å². The molecular formula is C28H27NO8. The van der Waals surface area contributed by atoms with Gasteiger partial charge in [-0.2, -0.15) is 0 Å². The van der Waals surface area contributed by atoms with E-state index in [1.165, 1.54) is 7.11 Å². The second-order valence-electron chi connectivity index (χ2n) is 8.32. The number of nitrogens with one attached hydrogen (secondary N) is 1. The van der Waals surface area contributed by atoms with Crippen LogP contribution in [0.4, 0.5) is 0 Å². The summed E-state index contributed by atoms with van der Waals surface area (Å²) in [6.07, 6.45) is -6.32. The summed E-state index contributed by atoms with van der Waals surface area (Å²) >= 11 is 0. The minimum Gasteiger partial charge on any atom is -0.452 e. The predicted octanol–water partition coefficient (Wildman–Crippen LogP) is 2.60. The van der Waals surface area contributed by atoms with Crippen LogP contribution in [0.3, 0.4) is 0 Å². The zero-order chi connectivity index (χ0) is 26.2. The number of methoxy groups -OCH3 is 1. The minimum atomic E-state index is -1.45. The molecule has 0 saturated carbocycles. The van der Waals surface area contributed by atoms with Crippen LogP contribution in [0.25, 0.3) is 0 Å².